The SMILES string of the molecule is C[C@@H]1CCCCO[C@@H](CN(C)S(=O)(=O)c2ccc(F)cc2)[C@@H](C)CN([C@H](C)CO)C(=O)c2cc(NC(=O)c3ccncc3)ccc2O1. The maximum absolute atomic E-state index is 14.3. The number of carbonyl (C=O) groups excluding carboxylic acids is 2. The summed E-state index contributed by atoms with van der Waals surface area (Å²) in [5.41, 5.74) is 0.996. The first-order valence-electron chi connectivity index (χ1n) is 15.7. The number of aliphatic hydroxyl groups is 1. The number of hydrogen-bond acceptors (Lipinski definition) is 8. The lowest BCUT2D eigenvalue weighted by Gasteiger charge is -2.35. The molecule has 0 saturated heterocycles. The Morgan fingerprint density at radius 1 is 1.13 bits per heavy atom. The van der Waals surface area contributed by atoms with Gasteiger partial charge in [0.1, 0.15) is 11.6 Å². The number of anilines is 1. The third-order valence-corrected chi connectivity index (χ3v) is 10.0. The van der Waals surface area contributed by atoms with Crippen LogP contribution in [0.5, 0.6) is 5.75 Å². The molecule has 0 aliphatic carbocycles. The van der Waals surface area contributed by atoms with Gasteiger partial charge < -0.3 is 24.8 Å². The fourth-order valence-corrected chi connectivity index (χ4v) is 6.49. The van der Waals surface area contributed by atoms with Crippen molar-refractivity contribution in [3.05, 3.63) is 83.9 Å². The van der Waals surface area contributed by atoms with Gasteiger partial charge in [0.05, 0.1) is 35.3 Å². The van der Waals surface area contributed by atoms with Crippen molar-refractivity contribution in [1.82, 2.24) is 14.2 Å². The Morgan fingerprint density at radius 3 is 2.51 bits per heavy atom. The highest BCUT2D eigenvalue weighted by molar-refractivity contribution is 7.89. The summed E-state index contributed by atoms with van der Waals surface area (Å²) in [6, 6.07) is 12.1. The average molecular weight is 671 g/mol. The molecule has 1 aromatic heterocycles. The van der Waals surface area contributed by atoms with Gasteiger partial charge in [-0.25, -0.2) is 12.8 Å². The lowest BCUT2D eigenvalue weighted by Crippen LogP contribution is -2.48. The van der Waals surface area contributed by atoms with Crippen LogP contribution in [0.25, 0.3) is 0 Å². The molecule has 2 aromatic carbocycles. The lowest BCUT2D eigenvalue weighted by molar-refractivity contribution is -0.00834. The van der Waals surface area contributed by atoms with Crippen LogP contribution in [-0.4, -0.2) is 91.1 Å². The predicted octanol–water partition coefficient (Wildman–Crippen LogP) is 4.59. The molecular weight excluding hydrogens is 627 g/mol. The number of carbonyl (C=O) groups is 2. The van der Waals surface area contributed by atoms with Crippen LogP contribution in [0.4, 0.5) is 10.1 Å². The number of nitrogens with one attached hydrogen (secondary N) is 1. The van der Waals surface area contributed by atoms with Crippen LogP contribution in [0.1, 0.15) is 60.7 Å². The quantitative estimate of drug-likeness (QED) is 0.355. The number of hydrogen-bond donors (Lipinski definition) is 2. The number of fused-ring (bicyclic) bond motifs is 1. The number of pyridine rings is 1. The largest absolute Gasteiger partial charge is 0.490 e. The summed E-state index contributed by atoms with van der Waals surface area (Å²) in [4.78, 5) is 32.6. The summed E-state index contributed by atoms with van der Waals surface area (Å²) < 4.78 is 53.8. The van der Waals surface area contributed by atoms with Crippen LogP contribution in [0, 0.1) is 11.7 Å². The Morgan fingerprint density at radius 2 is 1.83 bits per heavy atom. The number of likely N-dealkylation sites (N-methyl/N-ethyl adjacent to an activating group) is 1. The van der Waals surface area contributed by atoms with E-state index in [4.69, 9.17) is 9.47 Å². The van der Waals surface area contributed by atoms with Crippen molar-refractivity contribution >= 4 is 27.5 Å². The van der Waals surface area contributed by atoms with Crippen LogP contribution >= 0.6 is 0 Å². The molecule has 3 aromatic rings. The number of aromatic nitrogens is 1. The van der Waals surface area contributed by atoms with Gasteiger partial charge in [-0.3, -0.25) is 14.6 Å². The summed E-state index contributed by atoms with van der Waals surface area (Å²) in [6.45, 7) is 5.64. The van der Waals surface area contributed by atoms with E-state index in [1.807, 2.05) is 13.8 Å². The van der Waals surface area contributed by atoms with Crippen molar-refractivity contribution in [1.29, 1.82) is 0 Å². The number of benzene rings is 2. The summed E-state index contributed by atoms with van der Waals surface area (Å²) in [5.74, 6) is -1.36. The van der Waals surface area contributed by atoms with E-state index in [0.29, 0.717) is 36.4 Å². The average Bonchev–Trinajstić information content (AvgIpc) is 3.06. The van der Waals surface area contributed by atoms with Crippen molar-refractivity contribution in [2.45, 2.75) is 63.2 Å². The van der Waals surface area contributed by atoms with Crippen molar-refractivity contribution in [3.63, 3.8) is 0 Å². The fraction of sp³-hybridized carbons (Fsp3) is 0.441. The van der Waals surface area contributed by atoms with Gasteiger partial charge in [-0.2, -0.15) is 4.31 Å². The molecule has 47 heavy (non-hydrogen) atoms. The summed E-state index contributed by atoms with van der Waals surface area (Å²) in [5, 5.41) is 13.0. The molecule has 0 bridgehead atoms. The van der Waals surface area contributed by atoms with Gasteiger partial charge in [-0.15, -0.1) is 0 Å². The number of sulfonamides is 1. The molecule has 4 rings (SSSR count). The minimum atomic E-state index is -3.96. The molecule has 2 heterocycles. The molecule has 2 amide bonds. The third-order valence-electron chi connectivity index (χ3n) is 8.21. The molecule has 4 atom stereocenters. The molecule has 254 valence electrons. The molecule has 1 aliphatic rings. The van der Waals surface area contributed by atoms with E-state index < -0.39 is 33.9 Å². The maximum atomic E-state index is 14.3. The first-order valence-corrected chi connectivity index (χ1v) is 17.1. The monoisotopic (exact) mass is 670 g/mol. The Labute approximate surface area is 275 Å². The van der Waals surface area contributed by atoms with Crippen molar-refractivity contribution in [3.8, 4) is 5.75 Å². The molecule has 0 saturated carbocycles. The van der Waals surface area contributed by atoms with E-state index in [-0.39, 0.29) is 48.1 Å². The number of halogens is 1. The van der Waals surface area contributed by atoms with Crippen molar-refractivity contribution in [2.24, 2.45) is 5.92 Å². The van der Waals surface area contributed by atoms with Crippen LogP contribution in [0.3, 0.4) is 0 Å². The highest BCUT2D eigenvalue weighted by Crippen LogP contribution is 2.29. The molecule has 0 unspecified atom stereocenters. The molecular formula is C34H43FN4O7S. The summed E-state index contributed by atoms with van der Waals surface area (Å²) >= 11 is 0. The van der Waals surface area contributed by atoms with Gasteiger partial charge in [-0.1, -0.05) is 6.92 Å². The van der Waals surface area contributed by atoms with E-state index in [0.717, 1.165) is 18.6 Å². The molecule has 0 radical (unpaired) electrons. The number of aliphatic hydroxyl groups excluding tert-OH is 1. The molecule has 11 nitrogen and oxygen atoms in total. The number of nitrogens with zero attached hydrogens (tertiary/aromatic N) is 3. The first kappa shape index (κ1) is 35.9. The van der Waals surface area contributed by atoms with E-state index in [2.05, 4.69) is 10.3 Å². The zero-order chi connectivity index (χ0) is 34.1. The third kappa shape index (κ3) is 9.34. The normalized spacial score (nSPS) is 20.5. The van der Waals surface area contributed by atoms with Gasteiger partial charge in [0.25, 0.3) is 11.8 Å². The van der Waals surface area contributed by atoms with E-state index in [1.165, 1.54) is 40.8 Å². The van der Waals surface area contributed by atoms with Gasteiger partial charge in [0.2, 0.25) is 10.0 Å². The highest BCUT2D eigenvalue weighted by atomic mass is 32.2. The number of ether oxygens (including phenoxy) is 2. The molecule has 13 heteroatoms. The molecule has 1 aliphatic heterocycles. The molecule has 0 fully saturated rings. The van der Waals surface area contributed by atoms with Crippen LogP contribution in [-0.2, 0) is 14.8 Å². The van der Waals surface area contributed by atoms with E-state index in [9.17, 15) is 27.5 Å². The summed E-state index contributed by atoms with van der Waals surface area (Å²) in [7, 11) is -2.51. The predicted molar refractivity (Wildman–Crippen MR) is 175 cm³/mol. The second-order valence-electron chi connectivity index (χ2n) is 11.9. The summed E-state index contributed by atoms with van der Waals surface area (Å²) in [6.07, 6.45) is 4.31. The fourth-order valence-electron chi connectivity index (χ4n) is 5.31. The molecule has 2 N–H and O–H groups in total. The zero-order valence-electron chi connectivity index (χ0n) is 27.1. The Balaban J connectivity index is 1.65. The smallest absolute Gasteiger partial charge is 0.258 e. The van der Waals surface area contributed by atoms with Gasteiger partial charge in [-0.05, 0) is 87.7 Å². The van der Waals surface area contributed by atoms with Gasteiger partial charge in [0, 0.05) is 56.3 Å². The second kappa shape index (κ2) is 16.3. The topological polar surface area (TPSA) is 138 Å². The highest BCUT2D eigenvalue weighted by Gasteiger charge is 2.32. The standard InChI is InChI=1S/C34H43FN4O7S/c1-23-20-39(24(2)22-40)34(42)30-19-28(37-33(41)26-14-16-36-17-15-26)10-13-31(30)46-25(3)7-5-6-18-45-32(23)21-38(4)47(43,44)29-11-8-27(35)9-12-29/h8-17,19,23-25,32,40H,5-7,18,20-22H2,1-4H3,(H,37,41)/t23-,24+,25+,32-/m0/s1. The number of amides is 2. The first-order chi connectivity index (χ1) is 22.4. The number of rotatable bonds is 8. The van der Waals surface area contributed by atoms with E-state index >= 15 is 0 Å². The van der Waals surface area contributed by atoms with Crippen LogP contribution < -0.4 is 10.1 Å². The minimum Gasteiger partial charge on any atom is -0.490 e. The minimum absolute atomic E-state index is 0.0162. The van der Waals surface area contributed by atoms with Gasteiger partial charge in [0.15, 0.2) is 0 Å². The van der Waals surface area contributed by atoms with Crippen LogP contribution in [0.2, 0.25) is 0 Å². The Bertz CT molecular complexity index is 1610. The second-order valence-corrected chi connectivity index (χ2v) is 14.0. The maximum Gasteiger partial charge on any atom is 0.258 e. The van der Waals surface area contributed by atoms with E-state index in [1.54, 1.807) is 37.3 Å². The van der Waals surface area contributed by atoms with Gasteiger partial charge >= 0.3 is 0 Å². The Kier molecular flexibility index (Phi) is 12.4. The zero-order valence-corrected chi connectivity index (χ0v) is 28.0. The van der Waals surface area contributed by atoms with Crippen LogP contribution in [0.15, 0.2) is 71.9 Å². The lowest BCUT2D eigenvalue weighted by atomic mass is 10.0. The van der Waals surface area contributed by atoms with Crippen molar-refractivity contribution in [2.75, 3.05) is 38.7 Å². The van der Waals surface area contributed by atoms with Crippen molar-refractivity contribution < 1.29 is 37.0 Å². The Hall–Kier alpha value is -3.91. The molecule has 0 spiro atoms.